The van der Waals surface area contributed by atoms with E-state index in [0.717, 1.165) is 0 Å². The third-order valence-electron chi connectivity index (χ3n) is 4.24. The lowest BCUT2D eigenvalue weighted by atomic mass is 10.1. The molecule has 1 unspecified atom stereocenters. The molecule has 0 saturated heterocycles. The lowest BCUT2D eigenvalue weighted by molar-refractivity contribution is -0.122. The first kappa shape index (κ1) is 25.0. The lowest BCUT2D eigenvalue weighted by Crippen LogP contribution is -2.48. The zero-order valence-electron chi connectivity index (χ0n) is 16.7. The van der Waals surface area contributed by atoms with Gasteiger partial charge < -0.3 is 16.0 Å². The Balaban J connectivity index is 1.89. The SMILES string of the molecule is CSCCC(NC(=O)c1ccc(Cl)cc1Cl)C(=O)NCCNC(=O)c1ccccc1F. The molecular weight excluding hydrogens is 464 g/mol. The number of carbonyl (C=O) groups is 3. The quantitative estimate of drug-likeness (QED) is 0.449. The molecule has 0 bridgehead atoms. The van der Waals surface area contributed by atoms with Crippen molar-refractivity contribution in [1.29, 1.82) is 0 Å². The van der Waals surface area contributed by atoms with E-state index in [9.17, 15) is 18.8 Å². The predicted molar refractivity (Wildman–Crippen MR) is 122 cm³/mol. The number of hydrogen-bond acceptors (Lipinski definition) is 4. The van der Waals surface area contributed by atoms with Crippen LogP contribution < -0.4 is 16.0 Å². The van der Waals surface area contributed by atoms with Crippen molar-refractivity contribution in [3.63, 3.8) is 0 Å². The molecule has 1 atom stereocenters. The fourth-order valence-electron chi connectivity index (χ4n) is 2.64. The smallest absolute Gasteiger partial charge is 0.254 e. The largest absolute Gasteiger partial charge is 0.353 e. The monoisotopic (exact) mass is 485 g/mol. The summed E-state index contributed by atoms with van der Waals surface area (Å²) in [7, 11) is 0. The van der Waals surface area contributed by atoms with E-state index in [1.807, 2.05) is 6.26 Å². The molecule has 2 rings (SSSR count). The Labute approximate surface area is 194 Å². The van der Waals surface area contributed by atoms with Crippen molar-refractivity contribution in [3.8, 4) is 0 Å². The van der Waals surface area contributed by atoms with E-state index in [1.54, 1.807) is 6.07 Å². The predicted octanol–water partition coefficient (Wildman–Crippen LogP) is 3.53. The molecule has 3 N–H and O–H groups in total. The Morgan fingerprint density at radius 2 is 1.71 bits per heavy atom. The number of nitrogens with one attached hydrogen (secondary N) is 3. The van der Waals surface area contributed by atoms with Crippen molar-refractivity contribution in [1.82, 2.24) is 16.0 Å². The second kappa shape index (κ2) is 12.5. The van der Waals surface area contributed by atoms with Crippen molar-refractivity contribution < 1.29 is 18.8 Å². The maximum absolute atomic E-state index is 13.6. The van der Waals surface area contributed by atoms with Crippen LogP contribution in [0.1, 0.15) is 27.1 Å². The molecule has 2 aromatic carbocycles. The van der Waals surface area contributed by atoms with Crippen LogP contribution in [0.25, 0.3) is 0 Å². The molecular formula is C21H22Cl2FN3O3S. The highest BCUT2D eigenvalue weighted by Gasteiger charge is 2.22. The van der Waals surface area contributed by atoms with Crippen LogP contribution in [0, 0.1) is 5.82 Å². The van der Waals surface area contributed by atoms with E-state index in [0.29, 0.717) is 17.2 Å². The van der Waals surface area contributed by atoms with Gasteiger partial charge in [0.25, 0.3) is 11.8 Å². The highest BCUT2D eigenvalue weighted by atomic mass is 35.5. The second-order valence-corrected chi connectivity index (χ2v) is 8.29. The van der Waals surface area contributed by atoms with E-state index in [2.05, 4.69) is 16.0 Å². The van der Waals surface area contributed by atoms with Crippen LogP contribution in [0.4, 0.5) is 4.39 Å². The summed E-state index contributed by atoms with van der Waals surface area (Å²) in [6.07, 6.45) is 2.30. The van der Waals surface area contributed by atoms with Gasteiger partial charge in [0.2, 0.25) is 5.91 Å². The first-order valence-electron chi connectivity index (χ1n) is 9.38. The molecule has 10 heteroatoms. The molecule has 0 aliphatic carbocycles. The number of hydrogen-bond donors (Lipinski definition) is 3. The van der Waals surface area contributed by atoms with E-state index >= 15 is 0 Å². The van der Waals surface area contributed by atoms with E-state index < -0.39 is 29.6 Å². The Morgan fingerprint density at radius 3 is 2.39 bits per heavy atom. The molecule has 0 radical (unpaired) electrons. The summed E-state index contributed by atoms with van der Waals surface area (Å²) in [6.45, 7) is 0.220. The number of halogens is 3. The van der Waals surface area contributed by atoms with Crippen LogP contribution in [0.5, 0.6) is 0 Å². The first-order chi connectivity index (χ1) is 14.8. The Hall–Kier alpha value is -2.29. The molecule has 0 fully saturated rings. The summed E-state index contributed by atoms with van der Waals surface area (Å²) in [5.74, 6) is -1.43. The number of thioether (sulfide) groups is 1. The third-order valence-corrected chi connectivity index (χ3v) is 5.43. The molecule has 0 spiro atoms. The highest BCUT2D eigenvalue weighted by Crippen LogP contribution is 2.21. The maximum Gasteiger partial charge on any atom is 0.254 e. The van der Waals surface area contributed by atoms with Crippen molar-refractivity contribution in [2.24, 2.45) is 0 Å². The summed E-state index contributed by atoms with van der Waals surface area (Å²) < 4.78 is 13.6. The first-order valence-corrected chi connectivity index (χ1v) is 11.5. The van der Waals surface area contributed by atoms with E-state index in [1.165, 1.54) is 48.2 Å². The summed E-state index contributed by atoms with van der Waals surface area (Å²) >= 11 is 13.5. The Morgan fingerprint density at radius 1 is 1.00 bits per heavy atom. The average molecular weight is 486 g/mol. The normalized spacial score (nSPS) is 11.5. The summed E-state index contributed by atoms with van der Waals surface area (Å²) in [6, 6.07) is 9.32. The second-order valence-electron chi connectivity index (χ2n) is 6.46. The zero-order chi connectivity index (χ0) is 22.8. The van der Waals surface area contributed by atoms with Gasteiger partial charge in [-0.3, -0.25) is 14.4 Å². The van der Waals surface area contributed by atoms with Crippen molar-refractivity contribution in [3.05, 3.63) is 69.5 Å². The fourth-order valence-corrected chi connectivity index (χ4v) is 3.61. The van der Waals surface area contributed by atoms with Gasteiger partial charge in [-0.2, -0.15) is 11.8 Å². The summed E-state index contributed by atoms with van der Waals surface area (Å²) in [4.78, 5) is 37.1. The number of amides is 3. The minimum atomic E-state index is -0.783. The molecule has 6 nitrogen and oxygen atoms in total. The van der Waals surface area contributed by atoms with Crippen LogP contribution in [0.2, 0.25) is 10.0 Å². The molecule has 0 aromatic heterocycles. The molecule has 0 saturated carbocycles. The number of rotatable bonds is 10. The van der Waals surface area contributed by atoms with Crippen LogP contribution >= 0.6 is 35.0 Å². The summed E-state index contributed by atoms with van der Waals surface area (Å²) in [5, 5.41) is 8.48. The van der Waals surface area contributed by atoms with Crippen LogP contribution in [0.3, 0.4) is 0 Å². The van der Waals surface area contributed by atoms with Crippen molar-refractivity contribution in [2.45, 2.75) is 12.5 Å². The van der Waals surface area contributed by atoms with Gasteiger partial charge in [0, 0.05) is 18.1 Å². The lowest BCUT2D eigenvalue weighted by Gasteiger charge is -2.19. The van der Waals surface area contributed by atoms with Gasteiger partial charge in [-0.25, -0.2) is 4.39 Å². The molecule has 31 heavy (non-hydrogen) atoms. The van der Waals surface area contributed by atoms with Gasteiger partial charge in [-0.15, -0.1) is 0 Å². The van der Waals surface area contributed by atoms with Crippen LogP contribution in [-0.2, 0) is 4.79 Å². The third kappa shape index (κ3) is 7.72. The van der Waals surface area contributed by atoms with E-state index in [-0.39, 0.29) is 29.2 Å². The van der Waals surface area contributed by atoms with Gasteiger partial charge in [-0.1, -0.05) is 35.3 Å². The Kier molecular flexibility index (Phi) is 10.1. The van der Waals surface area contributed by atoms with Crippen molar-refractivity contribution >= 4 is 52.7 Å². The zero-order valence-corrected chi connectivity index (χ0v) is 19.0. The standard InChI is InChI=1S/C21H22Cl2FN3O3S/c1-31-11-8-18(27-20(29)14-7-6-13(22)12-16(14)23)21(30)26-10-9-25-19(28)15-4-2-3-5-17(15)24/h2-7,12,18H,8-11H2,1H3,(H,25,28)(H,26,30)(H,27,29). The van der Waals surface area contributed by atoms with Crippen LogP contribution in [0.15, 0.2) is 42.5 Å². The number of carbonyl (C=O) groups excluding carboxylic acids is 3. The van der Waals surface area contributed by atoms with Crippen LogP contribution in [-0.4, -0.2) is 48.9 Å². The average Bonchev–Trinajstić information content (AvgIpc) is 2.74. The molecule has 166 valence electrons. The van der Waals surface area contributed by atoms with Gasteiger partial charge in [-0.05, 0) is 48.8 Å². The topological polar surface area (TPSA) is 87.3 Å². The number of benzene rings is 2. The highest BCUT2D eigenvalue weighted by molar-refractivity contribution is 7.98. The Bertz CT molecular complexity index is 946. The minimum Gasteiger partial charge on any atom is -0.353 e. The van der Waals surface area contributed by atoms with Gasteiger partial charge in [0.05, 0.1) is 16.1 Å². The van der Waals surface area contributed by atoms with Gasteiger partial charge in [0.1, 0.15) is 11.9 Å². The molecule has 0 aliphatic rings. The fraction of sp³-hybridized carbons (Fsp3) is 0.286. The van der Waals surface area contributed by atoms with Gasteiger partial charge >= 0.3 is 0 Å². The molecule has 3 amide bonds. The summed E-state index contributed by atoms with van der Waals surface area (Å²) in [5.41, 5.74) is 0.143. The van der Waals surface area contributed by atoms with Crippen molar-refractivity contribution in [2.75, 3.05) is 25.1 Å². The minimum absolute atomic E-state index is 0.0706. The molecule has 2 aromatic rings. The van der Waals surface area contributed by atoms with Gasteiger partial charge in [0.15, 0.2) is 0 Å². The maximum atomic E-state index is 13.6. The molecule has 0 heterocycles. The molecule has 0 aliphatic heterocycles. The van der Waals surface area contributed by atoms with E-state index in [4.69, 9.17) is 23.2 Å².